The van der Waals surface area contributed by atoms with Crippen LogP contribution in [-0.4, -0.2) is 29.9 Å². The number of carbonyl (C=O) groups is 2. The summed E-state index contributed by atoms with van der Waals surface area (Å²) in [5.74, 6) is -0.102. The Morgan fingerprint density at radius 1 is 1.16 bits per heavy atom. The monoisotopic (exact) mass is 259 g/mol. The maximum absolute atomic E-state index is 12.2. The van der Waals surface area contributed by atoms with E-state index >= 15 is 0 Å². The van der Waals surface area contributed by atoms with Crippen LogP contribution in [0, 0.1) is 6.07 Å². The van der Waals surface area contributed by atoms with E-state index in [2.05, 4.69) is 13.0 Å². The van der Waals surface area contributed by atoms with Crippen LogP contribution in [0.25, 0.3) is 0 Å². The van der Waals surface area contributed by atoms with Gasteiger partial charge in [0.1, 0.15) is 6.54 Å². The fourth-order valence-corrected chi connectivity index (χ4v) is 2.22. The van der Waals surface area contributed by atoms with Crippen molar-refractivity contribution in [2.45, 2.75) is 32.6 Å². The first-order valence-electron chi connectivity index (χ1n) is 6.82. The number of nitrogens with zero attached hydrogens (tertiary/aromatic N) is 2. The molecular weight excluding hydrogens is 240 g/mol. The number of hydrogen-bond donors (Lipinski definition) is 0. The first-order chi connectivity index (χ1) is 9.24. The number of hydrogen-bond acceptors (Lipinski definition) is 2. The normalized spacial score (nSPS) is 15.4. The number of unbranched alkanes of at least 4 members (excludes halogenated alkanes) is 3. The van der Waals surface area contributed by atoms with Crippen molar-refractivity contribution >= 4 is 17.6 Å². The first kappa shape index (κ1) is 13.6. The SMILES string of the molecule is CCCCCCN1C(=O)CN(c2cc[c]cc2)C1=O. The second-order valence-corrected chi connectivity index (χ2v) is 4.73. The Morgan fingerprint density at radius 2 is 1.89 bits per heavy atom. The van der Waals surface area contributed by atoms with E-state index in [1.165, 1.54) is 9.80 Å². The molecule has 1 saturated heterocycles. The summed E-state index contributed by atoms with van der Waals surface area (Å²) in [4.78, 5) is 27.0. The largest absolute Gasteiger partial charge is 0.331 e. The predicted octanol–water partition coefficient (Wildman–Crippen LogP) is 2.84. The Labute approximate surface area is 114 Å². The molecule has 3 amide bonds. The molecule has 1 heterocycles. The van der Waals surface area contributed by atoms with Crippen molar-refractivity contribution in [2.75, 3.05) is 18.0 Å². The lowest BCUT2D eigenvalue weighted by Gasteiger charge is -2.16. The van der Waals surface area contributed by atoms with Gasteiger partial charge in [-0.3, -0.25) is 14.6 Å². The quantitative estimate of drug-likeness (QED) is 0.582. The van der Waals surface area contributed by atoms with Crippen molar-refractivity contribution in [2.24, 2.45) is 0 Å². The van der Waals surface area contributed by atoms with Crippen molar-refractivity contribution in [3.63, 3.8) is 0 Å². The molecule has 0 aliphatic carbocycles. The van der Waals surface area contributed by atoms with Crippen LogP contribution >= 0.6 is 0 Å². The molecule has 0 atom stereocenters. The number of rotatable bonds is 6. The molecule has 1 radical (unpaired) electrons. The second kappa shape index (κ2) is 6.36. The minimum absolute atomic E-state index is 0.102. The molecule has 0 bridgehead atoms. The Kier molecular flexibility index (Phi) is 4.55. The molecular formula is C15H19N2O2. The molecule has 1 aromatic carbocycles. The minimum Gasteiger partial charge on any atom is -0.285 e. The van der Waals surface area contributed by atoms with Crippen LogP contribution in [0.4, 0.5) is 10.5 Å². The standard InChI is InChI=1S/C15H19N2O2/c1-2-3-4-8-11-16-14(18)12-17(15(16)19)13-9-6-5-7-10-13/h6-7,9-10H,2-4,8,11-12H2,1H3. The van der Waals surface area contributed by atoms with Crippen LogP contribution in [0.1, 0.15) is 32.6 Å². The van der Waals surface area contributed by atoms with Crippen LogP contribution in [0.3, 0.4) is 0 Å². The first-order valence-corrected chi connectivity index (χ1v) is 6.82. The highest BCUT2D eigenvalue weighted by Crippen LogP contribution is 2.20. The highest BCUT2D eigenvalue weighted by molar-refractivity contribution is 6.12. The predicted molar refractivity (Wildman–Crippen MR) is 73.9 cm³/mol. The average Bonchev–Trinajstić information content (AvgIpc) is 2.72. The van der Waals surface area contributed by atoms with Gasteiger partial charge >= 0.3 is 6.03 Å². The van der Waals surface area contributed by atoms with Crippen molar-refractivity contribution < 1.29 is 9.59 Å². The summed E-state index contributed by atoms with van der Waals surface area (Å²) in [5, 5.41) is 0. The lowest BCUT2D eigenvalue weighted by atomic mass is 10.2. The fraction of sp³-hybridized carbons (Fsp3) is 0.467. The summed E-state index contributed by atoms with van der Waals surface area (Å²) in [6.07, 6.45) is 4.25. The van der Waals surface area contributed by atoms with E-state index in [0.717, 1.165) is 31.4 Å². The number of imide groups is 1. The summed E-state index contributed by atoms with van der Waals surface area (Å²) in [5.41, 5.74) is 0.758. The lowest BCUT2D eigenvalue weighted by Crippen LogP contribution is -2.33. The van der Waals surface area contributed by atoms with Crippen LogP contribution in [0.5, 0.6) is 0 Å². The van der Waals surface area contributed by atoms with E-state index in [-0.39, 0.29) is 18.5 Å². The number of carbonyl (C=O) groups excluding carboxylic acids is 2. The van der Waals surface area contributed by atoms with Gasteiger partial charge in [0, 0.05) is 12.2 Å². The summed E-state index contributed by atoms with van der Waals surface area (Å²) >= 11 is 0. The van der Waals surface area contributed by atoms with Gasteiger partial charge in [-0.15, -0.1) is 0 Å². The van der Waals surface area contributed by atoms with E-state index < -0.39 is 0 Å². The molecule has 2 rings (SSSR count). The van der Waals surface area contributed by atoms with Crippen LogP contribution < -0.4 is 4.90 Å². The maximum atomic E-state index is 12.2. The number of urea groups is 1. The highest BCUT2D eigenvalue weighted by Gasteiger charge is 2.36. The molecule has 101 valence electrons. The Hall–Kier alpha value is -1.84. The molecule has 1 aromatic rings. The summed E-state index contributed by atoms with van der Waals surface area (Å²) < 4.78 is 0. The number of amides is 3. The van der Waals surface area contributed by atoms with E-state index in [1.54, 1.807) is 24.3 Å². The third-order valence-corrected chi connectivity index (χ3v) is 3.30. The van der Waals surface area contributed by atoms with Gasteiger partial charge in [0.05, 0.1) is 0 Å². The summed E-state index contributed by atoms with van der Waals surface area (Å²) in [7, 11) is 0. The Bertz CT molecular complexity index is 445. The highest BCUT2D eigenvalue weighted by atomic mass is 16.2. The molecule has 1 aliphatic rings. The second-order valence-electron chi connectivity index (χ2n) is 4.73. The van der Waals surface area contributed by atoms with Crippen LogP contribution in [0.15, 0.2) is 24.3 Å². The molecule has 1 fully saturated rings. The van der Waals surface area contributed by atoms with Gasteiger partial charge in [0.2, 0.25) is 0 Å². The van der Waals surface area contributed by atoms with Crippen LogP contribution in [0.2, 0.25) is 0 Å². The third-order valence-electron chi connectivity index (χ3n) is 3.30. The van der Waals surface area contributed by atoms with E-state index in [9.17, 15) is 9.59 Å². The average molecular weight is 259 g/mol. The molecule has 0 unspecified atom stereocenters. The molecule has 19 heavy (non-hydrogen) atoms. The topological polar surface area (TPSA) is 40.6 Å². The third kappa shape index (κ3) is 3.13. The van der Waals surface area contributed by atoms with Gasteiger partial charge in [-0.25, -0.2) is 4.79 Å². The molecule has 0 N–H and O–H groups in total. The molecule has 0 aromatic heterocycles. The summed E-state index contributed by atoms with van der Waals surface area (Å²) in [6.45, 7) is 2.82. The van der Waals surface area contributed by atoms with E-state index in [4.69, 9.17) is 0 Å². The van der Waals surface area contributed by atoms with Gasteiger partial charge in [-0.1, -0.05) is 38.3 Å². The summed E-state index contributed by atoms with van der Waals surface area (Å²) in [6, 6.07) is 9.79. The number of benzene rings is 1. The van der Waals surface area contributed by atoms with E-state index in [0.29, 0.717) is 6.54 Å². The fourth-order valence-electron chi connectivity index (χ4n) is 2.22. The van der Waals surface area contributed by atoms with Crippen molar-refractivity contribution in [1.82, 2.24) is 4.90 Å². The molecule has 4 nitrogen and oxygen atoms in total. The molecule has 0 saturated carbocycles. The lowest BCUT2D eigenvalue weighted by molar-refractivity contribution is -0.124. The zero-order chi connectivity index (χ0) is 13.7. The van der Waals surface area contributed by atoms with Gasteiger partial charge < -0.3 is 0 Å². The van der Waals surface area contributed by atoms with Crippen molar-refractivity contribution in [3.8, 4) is 0 Å². The van der Waals surface area contributed by atoms with E-state index in [1.807, 2.05) is 0 Å². The van der Waals surface area contributed by atoms with Crippen molar-refractivity contribution in [3.05, 3.63) is 30.3 Å². The van der Waals surface area contributed by atoms with Gasteiger partial charge in [0.15, 0.2) is 0 Å². The molecule has 1 aliphatic heterocycles. The molecule has 0 spiro atoms. The van der Waals surface area contributed by atoms with Crippen LogP contribution in [-0.2, 0) is 4.79 Å². The van der Waals surface area contributed by atoms with Gasteiger partial charge in [-0.2, -0.15) is 0 Å². The zero-order valence-electron chi connectivity index (χ0n) is 11.3. The van der Waals surface area contributed by atoms with Gasteiger partial charge in [0.25, 0.3) is 5.91 Å². The number of anilines is 1. The molecule has 4 heteroatoms. The zero-order valence-corrected chi connectivity index (χ0v) is 11.3. The van der Waals surface area contributed by atoms with Crippen molar-refractivity contribution in [1.29, 1.82) is 0 Å². The minimum atomic E-state index is -0.201. The smallest absolute Gasteiger partial charge is 0.285 e. The Morgan fingerprint density at radius 3 is 2.58 bits per heavy atom. The maximum Gasteiger partial charge on any atom is 0.331 e. The van der Waals surface area contributed by atoms with Gasteiger partial charge in [-0.05, 0) is 24.6 Å². The Balaban J connectivity index is 1.97.